The SMILES string of the molecule is CS(=O)(=O)N=S1(=O)CCN(C(=O)Nc2cccc3c2CCO3)CC1. The van der Waals surface area contributed by atoms with E-state index in [2.05, 4.69) is 9.08 Å². The average molecular weight is 373 g/mol. The number of nitrogens with one attached hydrogen (secondary N) is 1. The van der Waals surface area contributed by atoms with Gasteiger partial charge in [-0.2, -0.15) is 0 Å². The summed E-state index contributed by atoms with van der Waals surface area (Å²) in [5.41, 5.74) is 1.68. The number of amides is 2. The first kappa shape index (κ1) is 17.0. The molecule has 0 spiro atoms. The van der Waals surface area contributed by atoms with E-state index in [1.807, 2.05) is 18.2 Å². The van der Waals surface area contributed by atoms with Gasteiger partial charge < -0.3 is 15.0 Å². The molecule has 2 aliphatic rings. The molecule has 0 radical (unpaired) electrons. The molecule has 0 saturated carbocycles. The molecule has 8 nitrogen and oxygen atoms in total. The van der Waals surface area contributed by atoms with Crippen LogP contribution in [0.4, 0.5) is 10.5 Å². The number of benzene rings is 1. The lowest BCUT2D eigenvalue weighted by Gasteiger charge is -2.28. The van der Waals surface area contributed by atoms with Crippen molar-refractivity contribution in [3.05, 3.63) is 23.8 Å². The molecular weight excluding hydrogens is 354 g/mol. The van der Waals surface area contributed by atoms with Crippen LogP contribution in [0.1, 0.15) is 5.56 Å². The standard InChI is InChI=1S/C14H19N3O5S2/c1-23(19,20)16-24(21)9-6-17(7-10-24)14(18)15-12-3-2-4-13-11(12)5-8-22-13/h2-4H,5-10H2,1H3,(H,15,18). The van der Waals surface area contributed by atoms with Crippen molar-refractivity contribution in [1.82, 2.24) is 4.90 Å². The molecule has 0 unspecified atom stereocenters. The van der Waals surface area contributed by atoms with Crippen LogP contribution in [0, 0.1) is 0 Å². The number of hydrogen-bond acceptors (Lipinski definition) is 5. The fourth-order valence-corrected chi connectivity index (χ4v) is 6.56. The number of carbonyl (C=O) groups excluding carboxylic acids is 1. The predicted molar refractivity (Wildman–Crippen MR) is 91.4 cm³/mol. The third-order valence-corrected chi connectivity index (χ3v) is 7.71. The minimum Gasteiger partial charge on any atom is -0.493 e. The average Bonchev–Trinajstić information content (AvgIpc) is 2.95. The highest BCUT2D eigenvalue weighted by Gasteiger charge is 2.26. The zero-order chi connectivity index (χ0) is 17.4. The van der Waals surface area contributed by atoms with Gasteiger partial charge in [0.15, 0.2) is 0 Å². The van der Waals surface area contributed by atoms with Crippen molar-refractivity contribution in [2.45, 2.75) is 6.42 Å². The molecule has 10 heteroatoms. The van der Waals surface area contributed by atoms with Crippen LogP contribution in [-0.4, -0.2) is 61.0 Å². The molecule has 2 amide bonds. The van der Waals surface area contributed by atoms with Gasteiger partial charge in [0.05, 0.1) is 34.1 Å². The monoisotopic (exact) mass is 373 g/mol. The van der Waals surface area contributed by atoms with Crippen LogP contribution >= 0.6 is 0 Å². The molecule has 0 aliphatic carbocycles. The van der Waals surface area contributed by atoms with E-state index in [0.29, 0.717) is 12.3 Å². The Hall–Kier alpha value is -1.81. The second-order valence-corrected chi connectivity index (χ2v) is 10.2. The van der Waals surface area contributed by atoms with E-state index in [4.69, 9.17) is 4.74 Å². The number of sulfonamides is 1. The summed E-state index contributed by atoms with van der Waals surface area (Å²) in [6.45, 7) is 1.01. The Kier molecular flexibility index (Phi) is 4.43. The van der Waals surface area contributed by atoms with Gasteiger partial charge in [-0.3, -0.25) is 0 Å². The molecule has 1 saturated heterocycles. The van der Waals surface area contributed by atoms with E-state index < -0.39 is 19.8 Å². The molecule has 0 atom stereocenters. The first-order chi connectivity index (χ1) is 11.3. The second kappa shape index (κ2) is 6.25. The number of carbonyl (C=O) groups is 1. The van der Waals surface area contributed by atoms with Gasteiger partial charge in [-0.15, -0.1) is 3.77 Å². The van der Waals surface area contributed by atoms with E-state index in [9.17, 15) is 17.4 Å². The second-order valence-electron chi connectivity index (χ2n) is 5.79. The van der Waals surface area contributed by atoms with E-state index in [0.717, 1.165) is 24.0 Å². The lowest BCUT2D eigenvalue weighted by Crippen LogP contribution is -2.45. The maximum atomic E-state index is 12.4. The summed E-state index contributed by atoms with van der Waals surface area (Å²) in [7, 11) is -6.46. The zero-order valence-corrected chi connectivity index (χ0v) is 14.9. The molecule has 1 fully saturated rings. The fraction of sp³-hybridized carbons (Fsp3) is 0.500. The van der Waals surface area contributed by atoms with Crippen molar-refractivity contribution in [1.29, 1.82) is 0 Å². The smallest absolute Gasteiger partial charge is 0.321 e. The van der Waals surface area contributed by atoms with E-state index in [1.165, 1.54) is 4.90 Å². The van der Waals surface area contributed by atoms with Crippen LogP contribution in [0.5, 0.6) is 5.75 Å². The summed E-state index contributed by atoms with van der Waals surface area (Å²) < 4.78 is 43.7. The lowest BCUT2D eigenvalue weighted by atomic mass is 10.1. The van der Waals surface area contributed by atoms with E-state index in [1.54, 1.807) is 0 Å². The van der Waals surface area contributed by atoms with Crippen molar-refractivity contribution >= 4 is 31.5 Å². The van der Waals surface area contributed by atoms with Crippen LogP contribution in [0.3, 0.4) is 0 Å². The normalized spacial score (nSPS) is 19.3. The Balaban J connectivity index is 1.68. The summed E-state index contributed by atoms with van der Waals surface area (Å²) in [5, 5.41) is 2.85. The Morgan fingerprint density at radius 2 is 2.04 bits per heavy atom. The van der Waals surface area contributed by atoms with Gasteiger partial charge in [0.25, 0.3) is 10.0 Å². The summed E-state index contributed by atoms with van der Waals surface area (Å²) in [4.78, 5) is 13.9. The van der Waals surface area contributed by atoms with Crippen LogP contribution in [0.25, 0.3) is 0 Å². The molecule has 2 aliphatic heterocycles. The fourth-order valence-electron chi connectivity index (χ4n) is 2.78. The molecule has 1 aromatic rings. The largest absolute Gasteiger partial charge is 0.493 e. The maximum Gasteiger partial charge on any atom is 0.321 e. The zero-order valence-electron chi connectivity index (χ0n) is 13.2. The quantitative estimate of drug-likeness (QED) is 0.829. The van der Waals surface area contributed by atoms with Gasteiger partial charge in [0.2, 0.25) is 0 Å². The first-order valence-electron chi connectivity index (χ1n) is 7.50. The molecule has 3 rings (SSSR count). The van der Waals surface area contributed by atoms with Gasteiger partial charge in [-0.05, 0) is 12.1 Å². The number of fused-ring (bicyclic) bond motifs is 1. The first-order valence-corrected chi connectivity index (χ1v) is 11.2. The molecule has 1 N–H and O–H groups in total. The van der Waals surface area contributed by atoms with Crippen LogP contribution in [0.2, 0.25) is 0 Å². The van der Waals surface area contributed by atoms with Gasteiger partial charge in [-0.1, -0.05) is 6.07 Å². The summed E-state index contributed by atoms with van der Waals surface area (Å²) in [6, 6.07) is 5.20. The van der Waals surface area contributed by atoms with Crippen LogP contribution in [-0.2, 0) is 26.2 Å². The number of rotatable bonds is 2. The third-order valence-electron chi connectivity index (χ3n) is 3.90. The molecular formula is C14H19N3O5S2. The van der Waals surface area contributed by atoms with Crippen molar-refractivity contribution in [2.75, 3.05) is 42.8 Å². The number of hydrogen-bond donors (Lipinski definition) is 1. The highest BCUT2D eigenvalue weighted by Crippen LogP contribution is 2.31. The van der Waals surface area contributed by atoms with Crippen molar-refractivity contribution in [3.63, 3.8) is 0 Å². The van der Waals surface area contributed by atoms with Crippen molar-refractivity contribution in [3.8, 4) is 5.75 Å². The molecule has 0 bridgehead atoms. The molecule has 1 aromatic carbocycles. The van der Waals surface area contributed by atoms with Gasteiger partial charge in [0, 0.05) is 30.8 Å². The van der Waals surface area contributed by atoms with Gasteiger partial charge in [0.1, 0.15) is 5.75 Å². The van der Waals surface area contributed by atoms with Crippen LogP contribution in [0.15, 0.2) is 22.0 Å². The summed E-state index contributed by atoms with van der Waals surface area (Å²) in [5.74, 6) is 0.897. The Bertz CT molecular complexity index is 874. The van der Waals surface area contributed by atoms with E-state index in [-0.39, 0.29) is 30.6 Å². The molecule has 132 valence electrons. The topological polar surface area (TPSA) is 105 Å². The highest BCUT2D eigenvalue weighted by molar-refractivity contribution is 8.03. The minimum absolute atomic E-state index is 0.0590. The van der Waals surface area contributed by atoms with Gasteiger partial charge >= 0.3 is 6.03 Å². The number of nitrogens with zero attached hydrogens (tertiary/aromatic N) is 2. The summed E-state index contributed by atoms with van der Waals surface area (Å²) >= 11 is 0. The Labute approximate surface area is 141 Å². The Morgan fingerprint density at radius 1 is 1.33 bits per heavy atom. The number of anilines is 1. The minimum atomic E-state index is -3.66. The highest BCUT2D eigenvalue weighted by atomic mass is 32.3. The number of ether oxygens (including phenoxy) is 1. The van der Waals surface area contributed by atoms with Crippen LogP contribution < -0.4 is 10.1 Å². The van der Waals surface area contributed by atoms with Gasteiger partial charge in [-0.25, -0.2) is 17.4 Å². The van der Waals surface area contributed by atoms with E-state index >= 15 is 0 Å². The maximum absolute atomic E-state index is 12.4. The molecule has 24 heavy (non-hydrogen) atoms. The molecule has 2 heterocycles. The van der Waals surface area contributed by atoms with Crippen molar-refractivity contribution < 1.29 is 22.2 Å². The lowest BCUT2D eigenvalue weighted by molar-refractivity contribution is 0.216. The predicted octanol–water partition coefficient (Wildman–Crippen LogP) is 0.897. The third kappa shape index (κ3) is 3.81. The summed E-state index contributed by atoms with van der Waals surface area (Å²) in [6.07, 6.45) is 1.67. The van der Waals surface area contributed by atoms with Crippen molar-refractivity contribution in [2.24, 2.45) is 3.77 Å². The Morgan fingerprint density at radius 3 is 2.71 bits per heavy atom. The number of urea groups is 1. The molecule has 0 aromatic heterocycles.